The van der Waals surface area contributed by atoms with Gasteiger partial charge < -0.3 is 5.73 Å². The number of halogens is 2. The second-order valence-electron chi connectivity index (χ2n) is 1.49. The first-order chi connectivity index (χ1) is 3.55. The minimum Gasteiger partial charge on any atom is -0.322 e. The van der Waals surface area contributed by atoms with Crippen LogP contribution >= 0.6 is 0 Å². The summed E-state index contributed by atoms with van der Waals surface area (Å²) in [6.07, 6.45) is -2.92. The Balaban J connectivity index is 3.65. The third kappa shape index (κ3) is 1.97. The third-order valence-corrected chi connectivity index (χ3v) is 0.664. The van der Waals surface area contributed by atoms with Crippen molar-refractivity contribution >= 4 is 5.78 Å². The first kappa shape index (κ1) is 7.49. The summed E-state index contributed by atoms with van der Waals surface area (Å²) >= 11 is 0. The molecule has 0 aliphatic heterocycles. The average molecular weight is 123 g/mol. The molecule has 0 aliphatic rings. The van der Waals surface area contributed by atoms with Crippen LogP contribution in [0.5, 0.6) is 0 Å². The quantitative estimate of drug-likeness (QED) is 0.568. The van der Waals surface area contributed by atoms with Crippen LogP contribution in [0.1, 0.15) is 6.92 Å². The molecule has 4 heteroatoms. The summed E-state index contributed by atoms with van der Waals surface area (Å²) < 4.78 is 22.5. The highest BCUT2D eigenvalue weighted by Crippen LogP contribution is 1.95. The molecule has 0 spiro atoms. The lowest BCUT2D eigenvalue weighted by atomic mass is 10.2. The Morgan fingerprint density at radius 1 is 1.62 bits per heavy atom. The molecule has 0 aliphatic carbocycles. The van der Waals surface area contributed by atoms with Gasteiger partial charge in [-0.15, -0.1) is 0 Å². The van der Waals surface area contributed by atoms with Crippen molar-refractivity contribution in [2.75, 3.05) is 0 Å². The molecule has 0 bridgehead atoms. The molecule has 0 aromatic rings. The van der Waals surface area contributed by atoms with E-state index in [-0.39, 0.29) is 0 Å². The Morgan fingerprint density at radius 2 is 2.00 bits per heavy atom. The summed E-state index contributed by atoms with van der Waals surface area (Å²) in [6.45, 7) is 1.23. The van der Waals surface area contributed by atoms with Gasteiger partial charge in [0.2, 0.25) is 5.78 Å². The maximum Gasteiger partial charge on any atom is 0.297 e. The van der Waals surface area contributed by atoms with E-state index in [0.29, 0.717) is 0 Å². The fourth-order valence-corrected chi connectivity index (χ4v) is 0.199. The summed E-state index contributed by atoms with van der Waals surface area (Å²) in [4.78, 5) is 9.97. The van der Waals surface area contributed by atoms with E-state index in [1.54, 1.807) is 0 Å². The number of Topliss-reactive ketones (excluding diaryl/α,β-unsaturated/α-hetero) is 1. The molecule has 0 heterocycles. The van der Waals surface area contributed by atoms with Crippen molar-refractivity contribution in [3.05, 3.63) is 0 Å². The first-order valence-corrected chi connectivity index (χ1v) is 2.13. The van der Waals surface area contributed by atoms with Gasteiger partial charge in [0.25, 0.3) is 6.43 Å². The van der Waals surface area contributed by atoms with Crippen molar-refractivity contribution in [2.45, 2.75) is 19.4 Å². The van der Waals surface area contributed by atoms with Crippen LogP contribution in [0.2, 0.25) is 0 Å². The molecule has 2 nitrogen and oxygen atoms in total. The lowest BCUT2D eigenvalue weighted by Crippen LogP contribution is -2.31. The molecule has 2 N–H and O–H groups in total. The fraction of sp³-hybridized carbons (Fsp3) is 0.750. The Hall–Kier alpha value is -0.510. The van der Waals surface area contributed by atoms with Crippen molar-refractivity contribution < 1.29 is 13.6 Å². The van der Waals surface area contributed by atoms with Gasteiger partial charge in [-0.25, -0.2) is 8.78 Å². The van der Waals surface area contributed by atoms with E-state index in [4.69, 9.17) is 5.73 Å². The Kier molecular flexibility index (Phi) is 2.54. The highest BCUT2D eigenvalue weighted by atomic mass is 19.3. The van der Waals surface area contributed by atoms with Crippen molar-refractivity contribution in [3.8, 4) is 0 Å². The minimum atomic E-state index is -2.92. The molecule has 0 amide bonds. The van der Waals surface area contributed by atoms with Gasteiger partial charge in [-0.3, -0.25) is 4.79 Å². The van der Waals surface area contributed by atoms with Crippen LogP contribution in [0, 0.1) is 0 Å². The molecule has 0 fully saturated rings. The maximum atomic E-state index is 11.2. The van der Waals surface area contributed by atoms with Crippen LogP contribution in [0.4, 0.5) is 8.78 Å². The molecule has 0 saturated carbocycles. The van der Waals surface area contributed by atoms with E-state index >= 15 is 0 Å². The fourth-order valence-electron chi connectivity index (χ4n) is 0.199. The standard InChI is InChI=1S/C4H7F2NO/c1-2(7)3(8)4(5)6/h2,4H,7H2,1H3/t2-/m0/s1. The topological polar surface area (TPSA) is 43.1 Å². The molecule has 0 radical (unpaired) electrons. The zero-order chi connectivity index (χ0) is 6.73. The normalized spacial score (nSPS) is 14.1. The number of hydrogen-bond acceptors (Lipinski definition) is 2. The largest absolute Gasteiger partial charge is 0.322 e. The lowest BCUT2D eigenvalue weighted by Gasteiger charge is -1.99. The number of alkyl halides is 2. The number of nitrogens with two attached hydrogens (primary N) is 1. The lowest BCUT2D eigenvalue weighted by molar-refractivity contribution is -0.130. The Bertz CT molecular complexity index is 82.0. The zero-order valence-corrected chi connectivity index (χ0v) is 4.40. The van der Waals surface area contributed by atoms with E-state index in [1.807, 2.05) is 0 Å². The first-order valence-electron chi connectivity index (χ1n) is 2.13. The summed E-state index contributed by atoms with van der Waals surface area (Å²) in [5.74, 6) is -1.20. The molecular formula is C4H7F2NO. The molecule has 48 valence electrons. The van der Waals surface area contributed by atoms with Crippen LogP contribution in [-0.4, -0.2) is 18.3 Å². The van der Waals surface area contributed by atoms with Gasteiger partial charge in [-0.1, -0.05) is 0 Å². The summed E-state index contributed by atoms with van der Waals surface area (Å²) in [5.41, 5.74) is 4.81. The molecule has 0 aromatic heterocycles. The number of carbonyl (C=O) groups is 1. The van der Waals surface area contributed by atoms with Crippen LogP contribution in [0.25, 0.3) is 0 Å². The third-order valence-electron chi connectivity index (χ3n) is 0.664. The van der Waals surface area contributed by atoms with Crippen molar-refractivity contribution in [2.24, 2.45) is 5.73 Å². The van der Waals surface area contributed by atoms with E-state index in [9.17, 15) is 13.6 Å². The number of carbonyl (C=O) groups excluding carboxylic acids is 1. The summed E-state index contributed by atoms with van der Waals surface area (Å²) in [7, 11) is 0. The smallest absolute Gasteiger partial charge is 0.297 e. The van der Waals surface area contributed by atoms with Crippen molar-refractivity contribution in [1.29, 1.82) is 0 Å². The number of ketones is 1. The van der Waals surface area contributed by atoms with E-state index in [2.05, 4.69) is 0 Å². The summed E-state index contributed by atoms with van der Waals surface area (Å²) in [6, 6.07) is -1.05. The van der Waals surface area contributed by atoms with Gasteiger partial charge in [0.15, 0.2) is 0 Å². The predicted molar refractivity (Wildman–Crippen MR) is 24.7 cm³/mol. The predicted octanol–water partition coefficient (Wildman–Crippen LogP) is 0.168. The van der Waals surface area contributed by atoms with E-state index < -0.39 is 18.3 Å². The van der Waals surface area contributed by atoms with Crippen LogP contribution in [-0.2, 0) is 4.79 Å². The minimum absolute atomic E-state index is 1.05. The van der Waals surface area contributed by atoms with Crippen LogP contribution in [0.15, 0.2) is 0 Å². The van der Waals surface area contributed by atoms with E-state index in [1.165, 1.54) is 6.92 Å². The Labute approximate surface area is 45.7 Å². The van der Waals surface area contributed by atoms with Gasteiger partial charge in [0.1, 0.15) is 0 Å². The van der Waals surface area contributed by atoms with Gasteiger partial charge in [0, 0.05) is 0 Å². The van der Waals surface area contributed by atoms with Crippen LogP contribution in [0.3, 0.4) is 0 Å². The van der Waals surface area contributed by atoms with Crippen molar-refractivity contribution in [3.63, 3.8) is 0 Å². The molecule has 0 saturated heterocycles. The Morgan fingerprint density at radius 3 is 2.00 bits per heavy atom. The summed E-state index contributed by atoms with van der Waals surface area (Å²) in [5, 5.41) is 0. The van der Waals surface area contributed by atoms with Crippen molar-refractivity contribution in [1.82, 2.24) is 0 Å². The molecular weight excluding hydrogens is 116 g/mol. The number of hydrogen-bond donors (Lipinski definition) is 1. The number of rotatable bonds is 2. The maximum absolute atomic E-state index is 11.2. The van der Waals surface area contributed by atoms with Gasteiger partial charge >= 0.3 is 0 Å². The van der Waals surface area contributed by atoms with Crippen LogP contribution < -0.4 is 5.73 Å². The van der Waals surface area contributed by atoms with Gasteiger partial charge in [-0.2, -0.15) is 0 Å². The second kappa shape index (κ2) is 2.71. The second-order valence-corrected chi connectivity index (χ2v) is 1.49. The highest BCUT2D eigenvalue weighted by molar-refractivity contribution is 5.86. The molecule has 0 rings (SSSR count). The van der Waals surface area contributed by atoms with Gasteiger partial charge in [-0.05, 0) is 6.92 Å². The van der Waals surface area contributed by atoms with Gasteiger partial charge in [0.05, 0.1) is 6.04 Å². The molecule has 1 atom stereocenters. The SMILES string of the molecule is C[C@H](N)C(=O)C(F)F. The monoisotopic (exact) mass is 123 g/mol. The molecule has 0 aromatic carbocycles. The highest BCUT2D eigenvalue weighted by Gasteiger charge is 2.18. The zero-order valence-electron chi connectivity index (χ0n) is 4.40. The van der Waals surface area contributed by atoms with E-state index in [0.717, 1.165) is 0 Å². The average Bonchev–Trinajstić information content (AvgIpc) is 1.64. The molecule has 0 unspecified atom stereocenters. The molecule has 8 heavy (non-hydrogen) atoms.